The molecular weight excluding hydrogens is 260 g/mol. The van der Waals surface area contributed by atoms with Crippen molar-refractivity contribution >= 4 is 15.9 Å². The van der Waals surface area contributed by atoms with Gasteiger partial charge in [-0.05, 0) is 37.2 Å². The van der Waals surface area contributed by atoms with Crippen molar-refractivity contribution in [2.24, 2.45) is 5.92 Å². The summed E-state index contributed by atoms with van der Waals surface area (Å²) < 4.78 is 0. The van der Waals surface area contributed by atoms with Crippen LogP contribution in [0.3, 0.4) is 0 Å². The molecular formula is C15H21Br. The van der Waals surface area contributed by atoms with Crippen molar-refractivity contribution in [3.8, 4) is 0 Å². The van der Waals surface area contributed by atoms with E-state index in [-0.39, 0.29) is 0 Å². The summed E-state index contributed by atoms with van der Waals surface area (Å²) in [6, 6.07) is 10.9. The van der Waals surface area contributed by atoms with Gasteiger partial charge in [0.05, 0.1) is 0 Å². The molecule has 1 heteroatoms. The number of rotatable bonds is 3. The number of aryl methyl sites for hydroxylation is 1. The van der Waals surface area contributed by atoms with Crippen molar-refractivity contribution in [2.75, 3.05) is 0 Å². The van der Waals surface area contributed by atoms with Crippen LogP contribution in [0.2, 0.25) is 0 Å². The largest absolute Gasteiger partial charge is 0.0888 e. The highest BCUT2D eigenvalue weighted by Crippen LogP contribution is 2.31. The summed E-state index contributed by atoms with van der Waals surface area (Å²) >= 11 is 3.88. The SMILES string of the molecule is BrC1CCCCCC1CCc1ccccc1. The second kappa shape index (κ2) is 6.44. The number of halogens is 1. The van der Waals surface area contributed by atoms with Gasteiger partial charge in [0.1, 0.15) is 0 Å². The standard InChI is InChI=1S/C15H21Br/c16-15-10-6-2-5-9-14(15)12-11-13-7-3-1-4-8-13/h1,3-4,7-8,14-15H,2,5-6,9-12H2. The smallest absolute Gasteiger partial charge is 0.0174 e. The fourth-order valence-electron chi connectivity index (χ4n) is 2.66. The topological polar surface area (TPSA) is 0 Å². The van der Waals surface area contributed by atoms with Gasteiger partial charge in [-0.3, -0.25) is 0 Å². The molecule has 1 aromatic rings. The van der Waals surface area contributed by atoms with Crippen LogP contribution in [0.1, 0.15) is 44.1 Å². The molecule has 1 fully saturated rings. The van der Waals surface area contributed by atoms with E-state index in [1.165, 1.54) is 50.5 Å². The quantitative estimate of drug-likeness (QED) is 0.542. The fraction of sp³-hybridized carbons (Fsp3) is 0.600. The van der Waals surface area contributed by atoms with Crippen molar-refractivity contribution in [1.29, 1.82) is 0 Å². The van der Waals surface area contributed by atoms with Crippen molar-refractivity contribution in [2.45, 2.75) is 49.8 Å². The number of alkyl halides is 1. The molecule has 0 N–H and O–H groups in total. The molecule has 0 aromatic heterocycles. The minimum atomic E-state index is 0.763. The van der Waals surface area contributed by atoms with Crippen LogP contribution in [-0.4, -0.2) is 4.83 Å². The lowest BCUT2D eigenvalue weighted by atomic mass is 9.93. The van der Waals surface area contributed by atoms with Gasteiger partial charge in [0, 0.05) is 4.83 Å². The third-order valence-corrected chi connectivity index (χ3v) is 4.92. The van der Waals surface area contributed by atoms with E-state index in [0.29, 0.717) is 0 Å². The van der Waals surface area contributed by atoms with Crippen molar-refractivity contribution in [1.82, 2.24) is 0 Å². The first-order valence-electron chi connectivity index (χ1n) is 6.54. The highest BCUT2D eigenvalue weighted by Gasteiger charge is 2.20. The second-order valence-electron chi connectivity index (χ2n) is 4.94. The Morgan fingerprint density at radius 2 is 1.75 bits per heavy atom. The average molecular weight is 281 g/mol. The van der Waals surface area contributed by atoms with Crippen LogP contribution in [0.5, 0.6) is 0 Å². The summed E-state index contributed by atoms with van der Waals surface area (Å²) in [5.41, 5.74) is 1.49. The predicted molar refractivity (Wildman–Crippen MR) is 74.1 cm³/mol. The van der Waals surface area contributed by atoms with Crippen LogP contribution in [0.25, 0.3) is 0 Å². The Hall–Kier alpha value is -0.300. The first-order valence-corrected chi connectivity index (χ1v) is 7.46. The molecule has 1 aliphatic rings. The average Bonchev–Trinajstić information content (AvgIpc) is 2.53. The Balaban J connectivity index is 1.84. The van der Waals surface area contributed by atoms with Crippen molar-refractivity contribution < 1.29 is 0 Å². The molecule has 0 spiro atoms. The van der Waals surface area contributed by atoms with Gasteiger partial charge in [0.2, 0.25) is 0 Å². The molecule has 1 aliphatic carbocycles. The van der Waals surface area contributed by atoms with Gasteiger partial charge < -0.3 is 0 Å². The normalized spacial score (nSPS) is 26.3. The molecule has 2 unspecified atom stereocenters. The lowest BCUT2D eigenvalue weighted by Crippen LogP contribution is -2.13. The van der Waals surface area contributed by atoms with Gasteiger partial charge in [-0.2, -0.15) is 0 Å². The Labute approximate surface area is 108 Å². The molecule has 0 heterocycles. The lowest BCUT2D eigenvalue weighted by molar-refractivity contribution is 0.444. The van der Waals surface area contributed by atoms with Crippen LogP contribution >= 0.6 is 15.9 Å². The van der Waals surface area contributed by atoms with E-state index in [1.54, 1.807) is 0 Å². The van der Waals surface area contributed by atoms with Gasteiger partial charge in [0.15, 0.2) is 0 Å². The summed E-state index contributed by atoms with van der Waals surface area (Å²) in [6.45, 7) is 0. The fourth-order valence-corrected chi connectivity index (χ4v) is 3.51. The Bertz CT molecular complexity index is 294. The van der Waals surface area contributed by atoms with E-state index in [4.69, 9.17) is 0 Å². The van der Waals surface area contributed by atoms with E-state index < -0.39 is 0 Å². The molecule has 88 valence electrons. The Morgan fingerprint density at radius 3 is 2.56 bits per heavy atom. The van der Waals surface area contributed by atoms with E-state index in [1.807, 2.05) is 0 Å². The van der Waals surface area contributed by atoms with E-state index >= 15 is 0 Å². The van der Waals surface area contributed by atoms with Gasteiger partial charge in [-0.1, -0.05) is 65.5 Å². The Morgan fingerprint density at radius 1 is 1.00 bits per heavy atom. The summed E-state index contributed by atoms with van der Waals surface area (Å²) in [7, 11) is 0. The van der Waals surface area contributed by atoms with Crippen LogP contribution in [0, 0.1) is 5.92 Å². The molecule has 0 nitrogen and oxygen atoms in total. The zero-order valence-corrected chi connectivity index (χ0v) is 11.5. The van der Waals surface area contributed by atoms with Gasteiger partial charge in [-0.25, -0.2) is 0 Å². The third kappa shape index (κ3) is 3.62. The van der Waals surface area contributed by atoms with Crippen LogP contribution in [0.15, 0.2) is 30.3 Å². The zero-order valence-electron chi connectivity index (χ0n) is 9.87. The lowest BCUT2D eigenvalue weighted by Gasteiger charge is -2.19. The van der Waals surface area contributed by atoms with Crippen LogP contribution < -0.4 is 0 Å². The molecule has 2 atom stereocenters. The summed E-state index contributed by atoms with van der Waals surface area (Å²) in [5.74, 6) is 0.891. The molecule has 0 amide bonds. The van der Waals surface area contributed by atoms with Crippen molar-refractivity contribution in [3.63, 3.8) is 0 Å². The molecule has 0 saturated heterocycles. The molecule has 2 rings (SSSR count). The summed E-state index contributed by atoms with van der Waals surface area (Å²) in [4.78, 5) is 0.763. The first-order chi connectivity index (χ1) is 7.86. The zero-order chi connectivity index (χ0) is 11.2. The third-order valence-electron chi connectivity index (χ3n) is 3.71. The summed E-state index contributed by atoms with van der Waals surface area (Å²) in [5, 5.41) is 0. The van der Waals surface area contributed by atoms with E-state index in [9.17, 15) is 0 Å². The monoisotopic (exact) mass is 280 g/mol. The number of benzene rings is 1. The van der Waals surface area contributed by atoms with Gasteiger partial charge in [0.25, 0.3) is 0 Å². The predicted octanol–water partition coefficient (Wildman–Crippen LogP) is 4.96. The number of hydrogen-bond acceptors (Lipinski definition) is 0. The van der Waals surface area contributed by atoms with Crippen molar-refractivity contribution in [3.05, 3.63) is 35.9 Å². The van der Waals surface area contributed by atoms with Crippen LogP contribution in [-0.2, 0) is 6.42 Å². The highest BCUT2D eigenvalue weighted by atomic mass is 79.9. The maximum atomic E-state index is 3.88. The van der Waals surface area contributed by atoms with Crippen LogP contribution in [0.4, 0.5) is 0 Å². The number of hydrogen-bond donors (Lipinski definition) is 0. The maximum absolute atomic E-state index is 3.88. The highest BCUT2D eigenvalue weighted by molar-refractivity contribution is 9.09. The van der Waals surface area contributed by atoms with Gasteiger partial charge >= 0.3 is 0 Å². The maximum Gasteiger partial charge on any atom is 0.0174 e. The second-order valence-corrected chi connectivity index (χ2v) is 6.11. The Kier molecular flexibility index (Phi) is 4.90. The molecule has 0 radical (unpaired) electrons. The molecule has 1 aromatic carbocycles. The molecule has 0 aliphatic heterocycles. The van der Waals surface area contributed by atoms with E-state index in [2.05, 4.69) is 46.3 Å². The first kappa shape index (κ1) is 12.2. The molecule has 1 saturated carbocycles. The van der Waals surface area contributed by atoms with E-state index in [0.717, 1.165) is 10.7 Å². The minimum Gasteiger partial charge on any atom is -0.0888 e. The summed E-state index contributed by atoms with van der Waals surface area (Å²) in [6.07, 6.45) is 9.67. The van der Waals surface area contributed by atoms with Gasteiger partial charge in [-0.15, -0.1) is 0 Å². The molecule has 16 heavy (non-hydrogen) atoms. The minimum absolute atomic E-state index is 0.763. The molecule has 0 bridgehead atoms.